The van der Waals surface area contributed by atoms with Gasteiger partial charge in [-0.3, -0.25) is 5.10 Å². The summed E-state index contributed by atoms with van der Waals surface area (Å²) in [5.41, 5.74) is 0.857. The molecule has 0 aliphatic rings. The molecule has 5 nitrogen and oxygen atoms in total. The molecular weight excluding hydrogens is 202 g/mol. The maximum absolute atomic E-state index is 4.08. The molecule has 1 radical (unpaired) electrons. The van der Waals surface area contributed by atoms with Gasteiger partial charge >= 0.3 is 0 Å². The minimum Gasteiger partial charge on any atom is -0.323 e. The van der Waals surface area contributed by atoms with Gasteiger partial charge in [0.25, 0.3) is 0 Å². The van der Waals surface area contributed by atoms with Crippen LogP contribution in [0.3, 0.4) is 0 Å². The fourth-order valence-corrected chi connectivity index (χ4v) is 1.51. The molecule has 77 valence electrons. The molecule has 3 aromatic rings. The van der Waals surface area contributed by atoms with E-state index < -0.39 is 0 Å². The first-order valence-electron chi connectivity index (χ1n) is 4.83. The highest BCUT2D eigenvalue weighted by Gasteiger charge is 2.03. The maximum Gasteiger partial charge on any atom is 0.200 e. The lowest BCUT2D eigenvalue weighted by Gasteiger charge is -2.04. The van der Waals surface area contributed by atoms with Crippen LogP contribution in [0.4, 0.5) is 11.6 Å². The third kappa shape index (κ3) is 1.48. The topological polar surface area (TPSA) is 66.5 Å². The predicted octanol–water partition coefficient (Wildman–Crippen LogP) is 1.90. The van der Waals surface area contributed by atoms with Gasteiger partial charge in [0.05, 0.1) is 5.52 Å². The minimum absolute atomic E-state index is 0.706. The van der Waals surface area contributed by atoms with E-state index in [0.717, 1.165) is 16.7 Å². The maximum atomic E-state index is 4.08. The number of aromatic amines is 1. The summed E-state index contributed by atoms with van der Waals surface area (Å²) in [6.45, 7) is 0. The summed E-state index contributed by atoms with van der Waals surface area (Å²) in [5.74, 6) is 1.43. The number of fused-ring (bicyclic) bond motifs is 1. The van der Waals surface area contributed by atoms with Gasteiger partial charge in [-0.1, -0.05) is 12.1 Å². The van der Waals surface area contributed by atoms with E-state index in [1.807, 2.05) is 30.3 Å². The first-order valence-corrected chi connectivity index (χ1v) is 4.83. The molecule has 0 saturated heterocycles. The number of benzene rings is 1. The second-order valence-electron chi connectivity index (χ2n) is 3.27. The SMILES string of the molecule is [c]1nc(Nc2cc[nH]n2)c2ccccc2n1. The van der Waals surface area contributed by atoms with Crippen LogP contribution in [0.1, 0.15) is 0 Å². The number of hydrogen-bond acceptors (Lipinski definition) is 4. The highest BCUT2D eigenvalue weighted by molar-refractivity contribution is 5.89. The Morgan fingerprint density at radius 1 is 1.12 bits per heavy atom. The molecule has 0 aliphatic heterocycles. The molecule has 0 unspecified atom stereocenters. The van der Waals surface area contributed by atoms with Crippen LogP contribution in [0.5, 0.6) is 0 Å². The highest BCUT2D eigenvalue weighted by atomic mass is 15.2. The van der Waals surface area contributed by atoms with Crippen molar-refractivity contribution >= 4 is 22.5 Å². The molecule has 0 atom stereocenters. The van der Waals surface area contributed by atoms with Crippen LogP contribution in [0.15, 0.2) is 36.5 Å². The van der Waals surface area contributed by atoms with Gasteiger partial charge in [-0.05, 0) is 12.1 Å². The van der Waals surface area contributed by atoms with Crippen molar-refractivity contribution < 1.29 is 0 Å². The Balaban J connectivity index is 2.10. The summed E-state index contributed by atoms with van der Waals surface area (Å²) in [4.78, 5) is 8.15. The Morgan fingerprint density at radius 3 is 2.94 bits per heavy atom. The monoisotopic (exact) mass is 210 g/mol. The van der Waals surface area contributed by atoms with Gasteiger partial charge in [0, 0.05) is 17.6 Å². The van der Waals surface area contributed by atoms with Crippen LogP contribution in [0, 0.1) is 6.33 Å². The Bertz CT molecular complexity index is 597. The molecule has 0 spiro atoms. The van der Waals surface area contributed by atoms with E-state index in [1.165, 1.54) is 0 Å². The molecule has 5 heteroatoms. The molecule has 2 heterocycles. The number of H-pyrrole nitrogens is 1. The van der Waals surface area contributed by atoms with Gasteiger partial charge in [0.1, 0.15) is 5.82 Å². The second kappa shape index (κ2) is 3.62. The Kier molecular flexibility index (Phi) is 2.00. The molecule has 0 aliphatic carbocycles. The number of nitrogens with one attached hydrogen (secondary N) is 2. The average molecular weight is 210 g/mol. The molecule has 1 aromatic carbocycles. The summed E-state index contributed by atoms with van der Waals surface area (Å²) in [6, 6.07) is 9.58. The molecule has 2 aromatic heterocycles. The van der Waals surface area contributed by atoms with Gasteiger partial charge in [-0.25, -0.2) is 9.97 Å². The molecule has 0 fully saturated rings. The fourth-order valence-electron chi connectivity index (χ4n) is 1.51. The largest absolute Gasteiger partial charge is 0.323 e. The first kappa shape index (κ1) is 8.84. The molecule has 3 rings (SSSR count). The summed E-state index contributed by atoms with van der Waals surface area (Å²) in [6.07, 6.45) is 4.36. The van der Waals surface area contributed by atoms with Gasteiger partial charge in [0.15, 0.2) is 12.1 Å². The molecule has 16 heavy (non-hydrogen) atoms. The number of para-hydroxylation sites is 1. The van der Waals surface area contributed by atoms with Crippen molar-refractivity contribution in [3.05, 3.63) is 42.9 Å². The zero-order chi connectivity index (χ0) is 10.8. The van der Waals surface area contributed by atoms with Gasteiger partial charge in [0.2, 0.25) is 0 Å². The zero-order valence-corrected chi connectivity index (χ0v) is 8.31. The van der Waals surface area contributed by atoms with Crippen LogP contribution in [-0.4, -0.2) is 20.2 Å². The third-order valence-electron chi connectivity index (χ3n) is 2.24. The normalized spacial score (nSPS) is 10.5. The fraction of sp³-hybridized carbons (Fsp3) is 0. The van der Waals surface area contributed by atoms with Crippen molar-refractivity contribution in [1.82, 2.24) is 20.2 Å². The van der Waals surface area contributed by atoms with Crippen molar-refractivity contribution in [3.63, 3.8) is 0 Å². The van der Waals surface area contributed by atoms with Crippen molar-refractivity contribution in [2.75, 3.05) is 5.32 Å². The summed E-state index contributed by atoms with van der Waals surface area (Å²) < 4.78 is 0. The molecule has 0 saturated carbocycles. The molecular formula is C11H8N5. The van der Waals surface area contributed by atoms with E-state index in [-0.39, 0.29) is 0 Å². The van der Waals surface area contributed by atoms with E-state index in [9.17, 15) is 0 Å². The first-order chi connectivity index (χ1) is 7.93. The standard InChI is InChI=1S/C11H8N5/c1-2-4-9-8(3-1)11(13-7-12-9)15-10-5-6-14-16-10/h1-6H,(H2,12,13,14,15,16). The smallest absolute Gasteiger partial charge is 0.200 e. The van der Waals surface area contributed by atoms with E-state index in [0.29, 0.717) is 5.82 Å². The lowest BCUT2D eigenvalue weighted by atomic mass is 10.2. The number of hydrogen-bond donors (Lipinski definition) is 2. The molecule has 0 amide bonds. The summed E-state index contributed by atoms with van der Waals surface area (Å²) in [7, 11) is 0. The molecule has 0 bridgehead atoms. The van der Waals surface area contributed by atoms with Crippen molar-refractivity contribution in [3.8, 4) is 0 Å². The van der Waals surface area contributed by atoms with Crippen molar-refractivity contribution in [1.29, 1.82) is 0 Å². The van der Waals surface area contributed by atoms with Gasteiger partial charge in [-0.2, -0.15) is 5.10 Å². The third-order valence-corrected chi connectivity index (χ3v) is 2.24. The van der Waals surface area contributed by atoms with Crippen molar-refractivity contribution in [2.45, 2.75) is 0 Å². The summed E-state index contributed by atoms with van der Waals surface area (Å²) in [5, 5.41) is 10.8. The number of anilines is 2. The van der Waals surface area contributed by atoms with Crippen molar-refractivity contribution in [2.24, 2.45) is 0 Å². The zero-order valence-electron chi connectivity index (χ0n) is 8.31. The minimum atomic E-state index is 0.706. The lowest BCUT2D eigenvalue weighted by molar-refractivity contribution is 1.09. The molecule has 2 N–H and O–H groups in total. The van der Waals surface area contributed by atoms with E-state index in [4.69, 9.17) is 0 Å². The summed E-state index contributed by atoms with van der Waals surface area (Å²) >= 11 is 0. The van der Waals surface area contributed by atoms with Gasteiger partial charge in [-0.15, -0.1) is 0 Å². The van der Waals surface area contributed by atoms with E-state index in [2.05, 4.69) is 31.8 Å². The van der Waals surface area contributed by atoms with Crippen LogP contribution in [0.25, 0.3) is 10.9 Å². The average Bonchev–Trinajstić information content (AvgIpc) is 2.82. The van der Waals surface area contributed by atoms with E-state index in [1.54, 1.807) is 6.20 Å². The van der Waals surface area contributed by atoms with Crippen LogP contribution >= 0.6 is 0 Å². The van der Waals surface area contributed by atoms with E-state index >= 15 is 0 Å². The lowest BCUT2D eigenvalue weighted by Crippen LogP contribution is -1.96. The van der Waals surface area contributed by atoms with Crippen LogP contribution in [-0.2, 0) is 0 Å². The Morgan fingerprint density at radius 2 is 2.06 bits per heavy atom. The Hall–Kier alpha value is -2.43. The number of nitrogens with zero attached hydrogens (tertiary/aromatic N) is 3. The van der Waals surface area contributed by atoms with Crippen LogP contribution in [0.2, 0.25) is 0 Å². The second-order valence-corrected chi connectivity index (χ2v) is 3.27. The quantitative estimate of drug-likeness (QED) is 0.677. The van der Waals surface area contributed by atoms with Gasteiger partial charge < -0.3 is 5.32 Å². The number of rotatable bonds is 2. The number of aromatic nitrogens is 4. The predicted molar refractivity (Wildman–Crippen MR) is 60.2 cm³/mol. The Labute approximate surface area is 91.6 Å². The van der Waals surface area contributed by atoms with Crippen LogP contribution < -0.4 is 5.32 Å². The highest BCUT2D eigenvalue weighted by Crippen LogP contribution is 2.20.